The summed E-state index contributed by atoms with van der Waals surface area (Å²) in [5.74, 6) is 4.34. The normalized spacial score (nSPS) is 51.5. The highest BCUT2D eigenvalue weighted by Gasteiger charge is 2.68. The standard InChI is InChI=1S/C14H22N2O/c1-8-7-15-4-5-16(8)14(17)13-11-9-2-3-10(6-9)12(11)13/h8-13,15H,2-7H2,1H3. The van der Waals surface area contributed by atoms with Crippen molar-refractivity contribution in [3.05, 3.63) is 0 Å². The first-order valence-corrected chi connectivity index (χ1v) is 7.28. The Morgan fingerprint density at radius 1 is 1.24 bits per heavy atom. The van der Waals surface area contributed by atoms with Gasteiger partial charge < -0.3 is 10.2 Å². The van der Waals surface area contributed by atoms with Gasteiger partial charge in [0, 0.05) is 31.6 Å². The molecular weight excluding hydrogens is 212 g/mol. The van der Waals surface area contributed by atoms with Crippen LogP contribution in [0.1, 0.15) is 26.2 Å². The van der Waals surface area contributed by atoms with Gasteiger partial charge in [-0.05, 0) is 49.9 Å². The van der Waals surface area contributed by atoms with Crippen LogP contribution in [0.2, 0.25) is 0 Å². The van der Waals surface area contributed by atoms with E-state index in [9.17, 15) is 4.79 Å². The molecule has 2 bridgehead atoms. The average Bonchev–Trinajstić information content (AvgIpc) is 2.77. The fraction of sp³-hybridized carbons (Fsp3) is 0.929. The van der Waals surface area contributed by atoms with Crippen LogP contribution < -0.4 is 5.32 Å². The summed E-state index contributed by atoms with van der Waals surface area (Å²) < 4.78 is 0. The van der Waals surface area contributed by atoms with Gasteiger partial charge in [0.05, 0.1) is 0 Å². The van der Waals surface area contributed by atoms with Gasteiger partial charge in [-0.1, -0.05) is 0 Å². The Balaban J connectivity index is 1.48. The van der Waals surface area contributed by atoms with Gasteiger partial charge in [0.1, 0.15) is 0 Å². The lowest BCUT2D eigenvalue weighted by molar-refractivity contribution is -0.136. The maximum absolute atomic E-state index is 12.6. The third-order valence-electron chi connectivity index (χ3n) is 5.80. The monoisotopic (exact) mass is 234 g/mol. The molecule has 5 atom stereocenters. The number of amides is 1. The number of fused-ring (bicyclic) bond motifs is 5. The topological polar surface area (TPSA) is 32.3 Å². The number of rotatable bonds is 1. The number of hydrogen-bond donors (Lipinski definition) is 1. The first kappa shape index (κ1) is 10.4. The predicted molar refractivity (Wildman–Crippen MR) is 65.3 cm³/mol. The lowest BCUT2D eigenvalue weighted by Gasteiger charge is -2.34. The van der Waals surface area contributed by atoms with E-state index in [1.54, 1.807) is 0 Å². The fourth-order valence-corrected chi connectivity index (χ4v) is 5.02. The van der Waals surface area contributed by atoms with Crippen molar-refractivity contribution in [1.29, 1.82) is 0 Å². The third kappa shape index (κ3) is 1.35. The summed E-state index contributed by atoms with van der Waals surface area (Å²) in [6, 6.07) is 0.398. The summed E-state index contributed by atoms with van der Waals surface area (Å²) in [6.07, 6.45) is 4.26. The van der Waals surface area contributed by atoms with Gasteiger partial charge in [-0.15, -0.1) is 0 Å². The number of carbonyl (C=O) groups is 1. The first-order valence-electron chi connectivity index (χ1n) is 7.28. The van der Waals surface area contributed by atoms with Gasteiger partial charge in [-0.2, -0.15) is 0 Å². The van der Waals surface area contributed by atoms with Crippen molar-refractivity contribution >= 4 is 5.91 Å². The molecule has 4 rings (SSSR count). The van der Waals surface area contributed by atoms with Gasteiger partial charge in [-0.25, -0.2) is 0 Å². The number of nitrogens with zero attached hydrogens (tertiary/aromatic N) is 1. The molecule has 1 saturated heterocycles. The molecule has 0 aromatic heterocycles. The molecule has 0 aromatic rings. The van der Waals surface area contributed by atoms with Gasteiger partial charge >= 0.3 is 0 Å². The van der Waals surface area contributed by atoms with E-state index >= 15 is 0 Å². The molecule has 3 heteroatoms. The van der Waals surface area contributed by atoms with E-state index in [4.69, 9.17) is 0 Å². The van der Waals surface area contributed by atoms with Crippen molar-refractivity contribution in [2.45, 2.75) is 32.2 Å². The molecule has 3 saturated carbocycles. The van der Waals surface area contributed by atoms with E-state index < -0.39 is 0 Å². The van der Waals surface area contributed by atoms with Crippen LogP contribution in [0.4, 0.5) is 0 Å². The summed E-state index contributed by atoms with van der Waals surface area (Å²) in [7, 11) is 0. The van der Waals surface area contributed by atoms with Crippen molar-refractivity contribution in [2.75, 3.05) is 19.6 Å². The smallest absolute Gasteiger partial charge is 0.226 e. The highest BCUT2D eigenvalue weighted by Crippen LogP contribution is 2.69. The van der Waals surface area contributed by atoms with E-state index in [1.165, 1.54) is 19.3 Å². The van der Waals surface area contributed by atoms with Crippen LogP contribution >= 0.6 is 0 Å². The molecule has 3 nitrogen and oxygen atoms in total. The van der Waals surface area contributed by atoms with Crippen molar-refractivity contribution in [2.24, 2.45) is 29.6 Å². The highest BCUT2D eigenvalue weighted by atomic mass is 16.2. The Morgan fingerprint density at radius 2 is 1.94 bits per heavy atom. The van der Waals surface area contributed by atoms with Crippen LogP contribution in [0.3, 0.4) is 0 Å². The van der Waals surface area contributed by atoms with Crippen LogP contribution in [-0.4, -0.2) is 36.5 Å². The molecule has 1 N–H and O–H groups in total. The summed E-state index contributed by atoms with van der Waals surface area (Å²) in [6.45, 7) is 5.05. The molecule has 0 radical (unpaired) electrons. The second-order valence-electron chi connectivity index (χ2n) is 6.60. The molecule has 0 aromatic carbocycles. The largest absolute Gasteiger partial charge is 0.337 e. The fourth-order valence-electron chi connectivity index (χ4n) is 5.02. The summed E-state index contributed by atoms with van der Waals surface area (Å²) >= 11 is 0. The number of piperazine rings is 1. The predicted octanol–water partition coefficient (Wildman–Crippen LogP) is 1.10. The van der Waals surface area contributed by atoms with Crippen LogP contribution in [0.15, 0.2) is 0 Å². The average molecular weight is 234 g/mol. The molecule has 3 aliphatic carbocycles. The van der Waals surface area contributed by atoms with Crippen molar-refractivity contribution in [1.82, 2.24) is 10.2 Å². The van der Waals surface area contributed by atoms with Crippen molar-refractivity contribution in [3.8, 4) is 0 Å². The molecule has 1 aliphatic heterocycles. The Kier molecular flexibility index (Phi) is 2.11. The van der Waals surface area contributed by atoms with Crippen molar-refractivity contribution < 1.29 is 4.79 Å². The Hall–Kier alpha value is -0.570. The van der Waals surface area contributed by atoms with E-state index in [0.717, 1.165) is 43.3 Å². The molecule has 4 aliphatic rings. The van der Waals surface area contributed by atoms with Crippen molar-refractivity contribution in [3.63, 3.8) is 0 Å². The molecule has 0 spiro atoms. The minimum Gasteiger partial charge on any atom is -0.337 e. The Bertz CT molecular complexity index is 340. The maximum atomic E-state index is 12.6. The first-order chi connectivity index (χ1) is 8.27. The van der Waals surface area contributed by atoms with E-state index in [1.807, 2.05) is 0 Å². The van der Waals surface area contributed by atoms with Crippen LogP contribution in [0.5, 0.6) is 0 Å². The van der Waals surface area contributed by atoms with Gasteiger partial charge in [-0.3, -0.25) is 4.79 Å². The van der Waals surface area contributed by atoms with E-state index in [2.05, 4.69) is 17.1 Å². The van der Waals surface area contributed by atoms with Crippen LogP contribution in [0, 0.1) is 29.6 Å². The number of carbonyl (C=O) groups excluding carboxylic acids is 1. The zero-order valence-corrected chi connectivity index (χ0v) is 10.6. The SMILES string of the molecule is CC1CNCCN1C(=O)C1C2C3CCC(C3)C12. The van der Waals surface area contributed by atoms with Crippen LogP contribution in [-0.2, 0) is 4.79 Å². The lowest BCUT2D eigenvalue weighted by Crippen LogP contribution is -2.53. The second kappa shape index (κ2) is 3.47. The minimum absolute atomic E-state index is 0.398. The Morgan fingerprint density at radius 3 is 2.59 bits per heavy atom. The summed E-state index contributed by atoms with van der Waals surface area (Å²) in [5, 5.41) is 3.37. The summed E-state index contributed by atoms with van der Waals surface area (Å²) in [5.41, 5.74) is 0. The quantitative estimate of drug-likeness (QED) is 0.737. The number of hydrogen-bond acceptors (Lipinski definition) is 2. The Labute approximate surface area is 103 Å². The van der Waals surface area contributed by atoms with Gasteiger partial charge in [0.2, 0.25) is 5.91 Å². The molecule has 5 unspecified atom stereocenters. The lowest BCUT2D eigenvalue weighted by atomic mass is 10.0. The molecule has 17 heavy (non-hydrogen) atoms. The maximum Gasteiger partial charge on any atom is 0.226 e. The number of nitrogens with one attached hydrogen (secondary N) is 1. The minimum atomic E-state index is 0.398. The third-order valence-corrected chi connectivity index (χ3v) is 5.80. The van der Waals surface area contributed by atoms with E-state index in [0.29, 0.717) is 17.9 Å². The van der Waals surface area contributed by atoms with Gasteiger partial charge in [0.25, 0.3) is 0 Å². The molecule has 1 heterocycles. The van der Waals surface area contributed by atoms with Crippen LogP contribution in [0.25, 0.3) is 0 Å². The highest BCUT2D eigenvalue weighted by molar-refractivity contribution is 5.83. The van der Waals surface area contributed by atoms with Gasteiger partial charge in [0.15, 0.2) is 0 Å². The summed E-state index contributed by atoms with van der Waals surface area (Å²) in [4.78, 5) is 14.8. The molecular formula is C14H22N2O. The van der Waals surface area contributed by atoms with E-state index in [-0.39, 0.29) is 0 Å². The molecule has 94 valence electrons. The second-order valence-corrected chi connectivity index (χ2v) is 6.60. The zero-order chi connectivity index (χ0) is 11.6. The molecule has 4 fully saturated rings. The molecule has 1 amide bonds. The zero-order valence-electron chi connectivity index (χ0n) is 10.6.